The molecule has 2 aromatic rings. The fourth-order valence-electron chi connectivity index (χ4n) is 1.91. The van der Waals surface area contributed by atoms with Crippen LogP contribution in [0.5, 0.6) is 0 Å². The third kappa shape index (κ3) is 4.87. The minimum atomic E-state index is -0.482. The van der Waals surface area contributed by atoms with Crippen molar-refractivity contribution in [3.63, 3.8) is 0 Å². The molecule has 1 aromatic carbocycles. The zero-order valence-electron chi connectivity index (χ0n) is 14.4. The average Bonchev–Trinajstić information content (AvgIpc) is 2.56. The third-order valence-electron chi connectivity index (χ3n) is 3.28. The Morgan fingerprint density at radius 1 is 1.32 bits per heavy atom. The SMILES string of the molecule is CC(C)c1nc(N/N=C\c2cc([N+](=O)[O-])ccc2Cl)cc(N(C)C)n1. The number of hydrogen-bond acceptors (Lipinski definition) is 7. The van der Waals surface area contributed by atoms with Gasteiger partial charge in [-0.1, -0.05) is 25.4 Å². The molecule has 0 bridgehead atoms. The summed E-state index contributed by atoms with van der Waals surface area (Å²) in [6.07, 6.45) is 1.42. The van der Waals surface area contributed by atoms with Gasteiger partial charge in [-0.2, -0.15) is 5.10 Å². The summed E-state index contributed by atoms with van der Waals surface area (Å²) in [4.78, 5) is 21.1. The van der Waals surface area contributed by atoms with E-state index in [1.807, 2.05) is 32.8 Å². The molecule has 0 aliphatic heterocycles. The molecule has 0 aliphatic carbocycles. The molecule has 0 aliphatic rings. The first-order valence-electron chi connectivity index (χ1n) is 7.57. The molecule has 1 aromatic heterocycles. The normalized spacial score (nSPS) is 11.1. The van der Waals surface area contributed by atoms with Gasteiger partial charge >= 0.3 is 0 Å². The fraction of sp³-hybridized carbons (Fsp3) is 0.312. The summed E-state index contributed by atoms with van der Waals surface area (Å²) in [5.41, 5.74) is 3.21. The number of hydrazone groups is 1. The van der Waals surface area contributed by atoms with Gasteiger partial charge in [0.1, 0.15) is 11.6 Å². The second-order valence-electron chi connectivity index (χ2n) is 5.85. The topological polar surface area (TPSA) is 96.5 Å². The summed E-state index contributed by atoms with van der Waals surface area (Å²) in [5.74, 6) is 2.14. The number of rotatable bonds is 6. The summed E-state index contributed by atoms with van der Waals surface area (Å²) in [6, 6.07) is 5.93. The maximum atomic E-state index is 10.8. The van der Waals surface area contributed by atoms with Gasteiger partial charge in [-0.25, -0.2) is 9.97 Å². The molecule has 9 heteroatoms. The Morgan fingerprint density at radius 2 is 2.04 bits per heavy atom. The predicted molar refractivity (Wildman–Crippen MR) is 99.8 cm³/mol. The number of nitro benzene ring substituents is 1. The van der Waals surface area contributed by atoms with Crippen LogP contribution in [-0.4, -0.2) is 35.2 Å². The minimum absolute atomic E-state index is 0.0510. The van der Waals surface area contributed by atoms with Crippen LogP contribution in [0.15, 0.2) is 29.4 Å². The second kappa shape index (κ2) is 7.89. The first kappa shape index (κ1) is 18.6. The standard InChI is InChI=1S/C16H19ClN6O2/c1-10(2)16-19-14(8-15(20-16)22(3)4)21-18-9-11-7-12(23(24)25)5-6-13(11)17/h5-10H,1-4H3,(H,19,20,21)/b18-9-. The molecule has 8 nitrogen and oxygen atoms in total. The number of nitrogens with zero attached hydrogens (tertiary/aromatic N) is 5. The quantitative estimate of drug-likeness (QED) is 0.478. The second-order valence-corrected chi connectivity index (χ2v) is 6.26. The van der Waals surface area contributed by atoms with Crippen molar-refractivity contribution < 1.29 is 4.92 Å². The van der Waals surface area contributed by atoms with Crippen LogP contribution in [0.2, 0.25) is 5.02 Å². The molecule has 0 amide bonds. The number of hydrogen-bond donors (Lipinski definition) is 1. The van der Waals surface area contributed by atoms with E-state index in [-0.39, 0.29) is 11.6 Å². The zero-order chi connectivity index (χ0) is 18.6. The molecule has 1 heterocycles. The highest BCUT2D eigenvalue weighted by molar-refractivity contribution is 6.33. The lowest BCUT2D eigenvalue weighted by Gasteiger charge is -2.15. The van der Waals surface area contributed by atoms with Crippen LogP contribution < -0.4 is 10.3 Å². The van der Waals surface area contributed by atoms with Crippen molar-refractivity contribution in [3.05, 3.63) is 50.8 Å². The molecule has 0 unspecified atom stereocenters. The van der Waals surface area contributed by atoms with Gasteiger partial charge < -0.3 is 4.90 Å². The molecule has 132 valence electrons. The molecule has 1 N–H and O–H groups in total. The maximum Gasteiger partial charge on any atom is 0.270 e. The number of benzene rings is 1. The van der Waals surface area contributed by atoms with E-state index in [1.54, 1.807) is 6.07 Å². The third-order valence-corrected chi connectivity index (χ3v) is 3.62. The van der Waals surface area contributed by atoms with Crippen LogP contribution in [0.25, 0.3) is 0 Å². The van der Waals surface area contributed by atoms with Crippen LogP contribution in [0.1, 0.15) is 31.2 Å². The number of nitro groups is 1. The molecule has 0 fully saturated rings. The first-order valence-corrected chi connectivity index (χ1v) is 7.95. The summed E-state index contributed by atoms with van der Waals surface area (Å²) in [5, 5.41) is 15.3. The first-order chi connectivity index (χ1) is 11.8. The zero-order valence-corrected chi connectivity index (χ0v) is 15.2. The van der Waals surface area contributed by atoms with Gasteiger partial charge in [0.2, 0.25) is 0 Å². The molecule has 25 heavy (non-hydrogen) atoms. The van der Waals surface area contributed by atoms with E-state index < -0.39 is 4.92 Å². The van der Waals surface area contributed by atoms with E-state index in [4.69, 9.17) is 11.6 Å². The van der Waals surface area contributed by atoms with Crippen molar-refractivity contribution >= 4 is 35.1 Å². The smallest absolute Gasteiger partial charge is 0.270 e. The lowest BCUT2D eigenvalue weighted by Crippen LogP contribution is -2.13. The number of non-ortho nitro benzene ring substituents is 1. The molecule has 0 saturated heterocycles. The number of halogens is 1. The molecule has 2 rings (SSSR count). The summed E-state index contributed by atoms with van der Waals surface area (Å²) >= 11 is 6.04. The summed E-state index contributed by atoms with van der Waals surface area (Å²) < 4.78 is 0. The highest BCUT2D eigenvalue weighted by atomic mass is 35.5. The molecular formula is C16H19ClN6O2. The van der Waals surface area contributed by atoms with Gasteiger partial charge in [-0.15, -0.1) is 0 Å². The van der Waals surface area contributed by atoms with Crippen LogP contribution in [0.4, 0.5) is 17.3 Å². The van der Waals surface area contributed by atoms with Gasteiger partial charge in [0.15, 0.2) is 5.82 Å². The molecule has 0 radical (unpaired) electrons. The van der Waals surface area contributed by atoms with Crippen molar-refractivity contribution in [2.75, 3.05) is 24.4 Å². The Hall–Kier alpha value is -2.74. The Morgan fingerprint density at radius 3 is 2.64 bits per heavy atom. The number of aromatic nitrogens is 2. The summed E-state index contributed by atoms with van der Waals surface area (Å²) in [7, 11) is 3.78. The van der Waals surface area contributed by atoms with Gasteiger partial charge in [0, 0.05) is 48.8 Å². The Bertz CT molecular complexity index is 781. The lowest BCUT2D eigenvalue weighted by molar-refractivity contribution is -0.384. The lowest BCUT2D eigenvalue weighted by atomic mass is 10.2. The van der Waals surface area contributed by atoms with E-state index in [0.29, 0.717) is 22.2 Å². The highest BCUT2D eigenvalue weighted by Gasteiger charge is 2.10. The van der Waals surface area contributed by atoms with E-state index in [1.165, 1.54) is 24.4 Å². The van der Waals surface area contributed by atoms with E-state index in [2.05, 4.69) is 20.5 Å². The minimum Gasteiger partial charge on any atom is -0.363 e. The largest absolute Gasteiger partial charge is 0.363 e. The predicted octanol–water partition coefficient (Wildman–Crippen LogP) is 3.67. The van der Waals surface area contributed by atoms with E-state index in [9.17, 15) is 10.1 Å². The van der Waals surface area contributed by atoms with E-state index in [0.717, 1.165) is 5.82 Å². The van der Waals surface area contributed by atoms with Crippen molar-refractivity contribution in [3.8, 4) is 0 Å². The average molecular weight is 363 g/mol. The van der Waals surface area contributed by atoms with Gasteiger partial charge in [-0.05, 0) is 6.07 Å². The Kier molecular flexibility index (Phi) is 5.87. The van der Waals surface area contributed by atoms with Crippen LogP contribution in [-0.2, 0) is 0 Å². The molecular weight excluding hydrogens is 344 g/mol. The molecule has 0 saturated carbocycles. The highest BCUT2D eigenvalue weighted by Crippen LogP contribution is 2.21. The Labute approximate surface area is 150 Å². The maximum absolute atomic E-state index is 10.8. The summed E-state index contributed by atoms with van der Waals surface area (Å²) in [6.45, 7) is 4.01. The van der Waals surface area contributed by atoms with Crippen LogP contribution >= 0.6 is 11.6 Å². The van der Waals surface area contributed by atoms with Crippen molar-refractivity contribution in [2.45, 2.75) is 19.8 Å². The number of nitrogens with one attached hydrogen (secondary N) is 1. The fourth-order valence-corrected chi connectivity index (χ4v) is 2.08. The van der Waals surface area contributed by atoms with Crippen molar-refractivity contribution in [1.82, 2.24) is 9.97 Å². The van der Waals surface area contributed by atoms with Crippen molar-refractivity contribution in [1.29, 1.82) is 0 Å². The van der Waals surface area contributed by atoms with Crippen molar-refractivity contribution in [2.24, 2.45) is 5.10 Å². The van der Waals surface area contributed by atoms with Gasteiger partial charge in [0.25, 0.3) is 5.69 Å². The molecule has 0 spiro atoms. The van der Waals surface area contributed by atoms with Crippen LogP contribution in [0.3, 0.4) is 0 Å². The Balaban J connectivity index is 2.25. The molecule has 0 atom stereocenters. The van der Waals surface area contributed by atoms with Gasteiger partial charge in [-0.3, -0.25) is 15.5 Å². The monoisotopic (exact) mass is 362 g/mol. The number of anilines is 2. The van der Waals surface area contributed by atoms with Gasteiger partial charge in [0.05, 0.1) is 11.1 Å². The van der Waals surface area contributed by atoms with Crippen LogP contribution in [0, 0.1) is 10.1 Å². The van der Waals surface area contributed by atoms with E-state index >= 15 is 0 Å².